The lowest BCUT2D eigenvalue weighted by atomic mass is 9.88. The predicted octanol–water partition coefficient (Wildman–Crippen LogP) is 2.16. The van der Waals surface area contributed by atoms with Gasteiger partial charge in [0.1, 0.15) is 10.8 Å². The van der Waals surface area contributed by atoms with Crippen molar-refractivity contribution in [1.82, 2.24) is 10.3 Å². The fraction of sp³-hybridized carbons (Fsp3) is 0.538. The molecule has 8 heteroatoms. The fourth-order valence-corrected chi connectivity index (χ4v) is 2.63. The molecule has 1 saturated heterocycles. The second-order valence-corrected chi connectivity index (χ2v) is 5.77. The minimum Gasteiger partial charge on any atom is -0.469 e. The number of nitrogens with one attached hydrogen (secondary N) is 2. The van der Waals surface area contributed by atoms with E-state index in [0.29, 0.717) is 13.0 Å². The van der Waals surface area contributed by atoms with Crippen LogP contribution in [0, 0.1) is 0 Å². The highest BCUT2D eigenvalue weighted by Crippen LogP contribution is 2.26. The van der Waals surface area contributed by atoms with Crippen LogP contribution in [0.3, 0.4) is 0 Å². The van der Waals surface area contributed by atoms with Crippen molar-refractivity contribution in [1.29, 1.82) is 0 Å². The largest absolute Gasteiger partial charge is 0.469 e. The third kappa shape index (κ3) is 3.90. The summed E-state index contributed by atoms with van der Waals surface area (Å²) >= 11 is 11.6. The quantitative estimate of drug-likeness (QED) is 0.827. The summed E-state index contributed by atoms with van der Waals surface area (Å²) in [6.07, 6.45) is 1.44. The van der Waals surface area contributed by atoms with E-state index in [1.54, 1.807) is 0 Å². The molecule has 2 rings (SSSR count). The molecular formula is C13H16Cl2N2O4. The molecule has 1 amide bonds. The Labute approximate surface area is 132 Å². The molecule has 0 unspecified atom stereocenters. The molecule has 0 aliphatic carbocycles. The topological polar surface area (TPSA) is 80.4 Å². The molecule has 1 aliphatic rings. The second kappa shape index (κ2) is 6.68. The number of methoxy groups -OCH3 is 1. The van der Waals surface area contributed by atoms with Gasteiger partial charge < -0.3 is 19.8 Å². The van der Waals surface area contributed by atoms with Gasteiger partial charge in [0, 0.05) is 6.61 Å². The van der Waals surface area contributed by atoms with E-state index < -0.39 is 17.4 Å². The van der Waals surface area contributed by atoms with Gasteiger partial charge >= 0.3 is 5.97 Å². The van der Waals surface area contributed by atoms with Crippen molar-refractivity contribution in [2.45, 2.75) is 24.8 Å². The van der Waals surface area contributed by atoms with E-state index in [2.05, 4.69) is 10.3 Å². The van der Waals surface area contributed by atoms with Crippen LogP contribution in [0.1, 0.15) is 29.8 Å². The van der Waals surface area contributed by atoms with Crippen molar-refractivity contribution in [3.05, 3.63) is 21.9 Å². The van der Waals surface area contributed by atoms with E-state index in [9.17, 15) is 9.59 Å². The maximum absolute atomic E-state index is 12.3. The average Bonchev–Trinajstić information content (AvgIpc) is 2.79. The summed E-state index contributed by atoms with van der Waals surface area (Å²) in [4.78, 5) is 26.6. The summed E-state index contributed by atoms with van der Waals surface area (Å²) in [7, 11) is 1.31. The molecule has 1 aromatic rings. The van der Waals surface area contributed by atoms with Gasteiger partial charge in [-0.1, -0.05) is 23.2 Å². The number of carbonyl (C=O) groups excluding carboxylic acids is 2. The Bertz CT molecular complexity index is 519. The summed E-state index contributed by atoms with van der Waals surface area (Å²) in [5.41, 5.74) is -0.535. The predicted molar refractivity (Wildman–Crippen MR) is 77.7 cm³/mol. The van der Waals surface area contributed by atoms with Crippen molar-refractivity contribution in [2.75, 3.05) is 20.3 Å². The van der Waals surface area contributed by atoms with Crippen LogP contribution in [-0.4, -0.2) is 42.7 Å². The molecule has 1 atom stereocenters. The summed E-state index contributed by atoms with van der Waals surface area (Å²) < 4.78 is 10.1. The molecule has 0 radical (unpaired) electrons. The number of ether oxygens (including phenoxy) is 2. The Balaban J connectivity index is 2.14. The Morgan fingerprint density at radius 2 is 2.29 bits per heavy atom. The lowest BCUT2D eigenvalue weighted by Crippen LogP contribution is -2.55. The van der Waals surface area contributed by atoms with Gasteiger partial charge in [-0.3, -0.25) is 9.59 Å². The zero-order valence-electron chi connectivity index (χ0n) is 11.5. The molecule has 1 fully saturated rings. The van der Waals surface area contributed by atoms with Gasteiger partial charge in [-0.15, -0.1) is 0 Å². The third-order valence-corrected chi connectivity index (χ3v) is 4.07. The summed E-state index contributed by atoms with van der Waals surface area (Å²) in [5.74, 6) is -0.790. The van der Waals surface area contributed by atoms with E-state index >= 15 is 0 Å². The van der Waals surface area contributed by atoms with Gasteiger partial charge in [0.05, 0.1) is 30.7 Å². The molecule has 0 aromatic carbocycles. The highest BCUT2D eigenvalue weighted by Gasteiger charge is 2.37. The number of aromatic nitrogens is 1. The number of hydrogen-bond donors (Lipinski definition) is 2. The minimum atomic E-state index is -0.771. The van der Waals surface area contributed by atoms with Crippen LogP contribution in [0.5, 0.6) is 0 Å². The van der Waals surface area contributed by atoms with Gasteiger partial charge in [-0.2, -0.15) is 0 Å². The minimum absolute atomic E-state index is 0.0530. The number of H-pyrrole nitrogens is 1. The van der Waals surface area contributed by atoms with E-state index in [1.807, 2.05) is 0 Å². The number of amides is 1. The van der Waals surface area contributed by atoms with Gasteiger partial charge in [-0.25, -0.2) is 0 Å². The molecule has 1 aromatic heterocycles. The molecule has 116 valence electrons. The van der Waals surface area contributed by atoms with Gasteiger partial charge in [-0.05, 0) is 18.9 Å². The van der Waals surface area contributed by atoms with Crippen molar-refractivity contribution in [2.24, 2.45) is 0 Å². The molecule has 6 nitrogen and oxygen atoms in total. The monoisotopic (exact) mass is 334 g/mol. The van der Waals surface area contributed by atoms with Crippen molar-refractivity contribution in [3.63, 3.8) is 0 Å². The standard InChI is InChI=1S/C13H16Cl2N2O4/c1-20-10(18)6-13(3-2-4-21-7-13)17-12(19)9-5-8(14)11(15)16-9/h5,16H,2-4,6-7H2,1H3,(H,17,19)/t13-/m0/s1. The van der Waals surface area contributed by atoms with Crippen LogP contribution in [0.15, 0.2) is 6.07 Å². The van der Waals surface area contributed by atoms with Crippen LogP contribution >= 0.6 is 23.2 Å². The van der Waals surface area contributed by atoms with Crippen molar-refractivity contribution in [3.8, 4) is 0 Å². The average molecular weight is 335 g/mol. The third-order valence-electron chi connectivity index (χ3n) is 3.38. The van der Waals surface area contributed by atoms with Crippen molar-refractivity contribution >= 4 is 35.1 Å². The van der Waals surface area contributed by atoms with Crippen LogP contribution < -0.4 is 5.32 Å². The number of carbonyl (C=O) groups is 2. The number of esters is 1. The Hall–Kier alpha value is -1.24. The number of halogens is 2. The van der Waals surface area contributed by atoms with Gasteiger partial charge in [0.15, 0.2) is 0 Å². The Morgan fingerprint density at radius 3 is 2.81 bits per heavy atom. The maximum atomic E-state index is 12.3. The molecule has 21 heavy (non-hydrogen) atoms. The Kier molecular flexibility index (Phi) is 5.13. The highest BCUT2D eigenvalue weighted by atomic mass is 35.5. The molecule has 0 bridgehead atoms. The number of aromatic amines is 1. The first-order valence-electron chi connectivity index (χ1n) is 6.47. The molecular weight excluding hydrogens is 319 g/mol. The van der Waals surface area contributed by atoms with E-state index in [1.165, 1.54) is 13.2 Å². The zero-order valence-corrected chi connectivity index (χ0v) is 13.0. The smallest absolute Gasteiger partial charge is 0.307 e. The summed E-state index contributed by atoms with van der Waals surface area (Å²) in [6, 6.07) is 1.44. The van der Waals surface area contributed by atoms with Crippen LogP contribution in [0.2, 0.25) is 10.2 Å². The first-order valence-corrected chi connectivity index (χ1v) is 7.22. The van der Waals surface area contributed by atoms with Gasteiger partial charge in [0.25, 0.3) is 5.91 Å². The van der Waals surface area contributed by atoms with Crippen LogP contribution in [-0.2, 0) is 14.3 Å². The first kappa shape index (κ1) is 16.1. The van der Waals surface area contributed by atoms with Crippen LogP contribution in [0.25, 0.3) is 0 Å². The maximum Gasteiger partial charge on any atom is 0.307 e. The molecule has 0 saturated carbocycles. The summed E-state index contributed by atoms with van der Waals surface area (Å²) in [5, 5.41) is 3.31. The summed E-state index contributed by atoms with van der Waals surface area (Å²) in [6.45, 7) is 0.870. The number of rotatable bonds is 4. The SMILES string of the molecule is COC(=O)C[C@@]1(NC(=O)c2cc(Cl)c(Cl)[nH]2)CCCOC1. The van der Waals surface area contributed by atoms with E-state index in [0.717, 1.165) is 6.42 Å². The highest BCUT2D eigenvalue weighted by molar-refractivity contribution is 6.41. The first-order chi connectivity index (χ1) is 9.96. The number of hydrogen-bond acceptors (Lipinski definition) is 4. The Morgan fingerprint density at radius 1 is 1.52 bits per heavy atom. The van der Waals surface area contributed by atoms with Gasteiger partial charge in [0.2, 0.25) is 0 Å². The molecule has 2 heterocycles. The van der Waals surface area contributed by atoms with Crippen molar-refractivity contribution < 1.29 is 19.1 Å². The fourth-order valence-electron chi connectivity index (χ4n) is 2.32. The lowest BCUT2D eigenvalue weighted by Gasteiger charge is -2.36. The zero-order chi connectivity index (χ0) is 15.5. The van der Waals surface area contributed by atoms with E-state index in [-0.39, 0.29) is 28.9 Å². The van der Waals surface area contributed by atoms with E-state index in [4.69, 9.17) is 32.7 Å². The molecule has 1 aliphatic heterocycles. The lowest BCUT2D eigenvalue weighted by molar-refractivity contribution is -0.143. The molecule has 0 spiro atoms. The molecule has 2 N–H and O–H groups in total. The second-order valence-electron chi connectivity index (χ2n) is 4.99. The normalized spacial score (nSPS) is 21.9. The van der Waals surface area contributed by atoms with Crippen LogP contribution in [0.4, 0.5) is 0 Å².